The molecule has 3 aromatic carbocycles. The summed E-state index contributed by atoms with van der Waals surface area (Å²) in [6.45, 7) is 1.42. The second-order valence-electron chi connectivity index (χ2n) is 7.48. The number of carbonyl (C=O) groups excluding carboxylic acids is 3. The number of benzene rings is 3. The topological polar surface area (TPSA) is 97.0 Å². The maximum Gasteiger partial charge on any atom is 0.282 e. The lowest BCUT2D eigenvalue weighted by atomic mass is 10.0. The molecule has 34 heavy (non-hydrogen) atoms. The van der Waals surface area contributed by atoms with Gasteiger partial charge in [0, 0.05) is 18.3 Å². The molecule has 0 bridgehead atoms. The van der Waals surface area contributed by atoms with Crippen molar-refractivity contribution >= 4 is 40.4 Å². The molecule has 0 spiro atoms. The highest BCUT2D eigenvalue weighted by Gasteiger charge is 2.40. The summed E-state index contributed by atoms with van der Waals surface area (Å²) in [4.78, 5) is 39.4. The molecule has 2 N–H and O–H groups in total. The van der Waals surface area contributed by atoms with Gasteiger partial charge >= 0.3 is 0 Å². The Balaban J connectivity index is 1.78. The van der Waals surface area contributed by atoms with Gasteiger partial charge in [-0.25, -0.2) is 4.90 Å². The minimum Gasteiger partial charge on any atom is -0.493 e. The standard InChI is InChI=1S/C26H23N3O5/c1-16(30)27-18-10-12-19(13-11-18)28-24-23(17-9-14-21(33-2)22(15-17)34-3)25(31)29(26(24)32)20-7-5-4-6-8-20/h4-15,28H,1-3H3,(H,27,30). The van der Waals surface area contributed by atoms with Gasteiger partial charge in [0.2, 0.25) is 5.91 Å². The van der Waals surface area contributed by atoms with Gasteiger partial charge in [-0.1, -0.05) is 24.3 Å². The number of amides is 3. The van der Waals surface area contributed by atoms with Crippen molar-refractivity contribution in [2.45, 2.75) is 6.92 Å². The van der Waals surface area contributed by atoms with Crippen LogP contribution in [-0.2, 0) is 14.4 Å². The second kappa shape index (κ2) is 9.50. The van der Waals surface area contributed by atoms with E-state index in [9.17, 15) is 14.4 Å². The van der Waals surface area contributed by atoms with Crippen molar-refractivity contribution in [3.63, 3.8) is 0 Å². The summed E-state index contributed by atoms with van der Waals surface area (Å²) in [5.41, 5.74) is 2.51. The summed E-state index contributed by atoms with van der Waals surface area (Å²) in [7, 11) is 3.03. The van der Waals surface area contributed by atoms with Crippen LogP contribution in [0.1, 0.15) is 12.5 Å². The Hall–Kier alpha value is -4.59. The zero-order valence-corrected chi connectivity index (χ0v) is 18.9. The molecule has 3 amide bonds. The van der Waals surface area contributed by atoms with E-state index in [0.717, 1.165) is 4.90 Å². The molecule has 1 aliphatic heterocycles. The second-order valence-corrected chi connectivity index (χ2v) is 7.48. The number of nitrogens with zero attached hydrogens (tertiary/aromatic N) is 1. The monoisotopic (exact) mass is 457 g/mol. The quantitative estimate of drug-likeness (QED) is 0.520. The van der Waals surface area contributed by atoms with Gasteiger partial charge in [-0.05, 0) is 54.1 Å². The number of rotatable bonds is 7. The minimum atomic E-state index is -0.480. The molecule has 172 valence electrons. The number of hydrogen-bond donors (Lipinski definition) is 2. The molecule has 0 unspecified atom stereocenters. The van der Waals surface area contributed by atoms with Crippen molar-refractivity contribution in [1.29, 1.82) is 0 Å². The van der Waals surface area contributed by atoms with Gasteiger partial charge in [-0.2, -0.15) is 0 Å². The van der Waals surface area contributed by atoms with Crippen molar-refractivity contribution in [3.05, 3.63) is 84.1 Å². The van der Waals surface area contributed by atoms with Crippen LogP contribution in [0.3, 0.4) is 0 Å². The molecular weight excluding hydrogens is 434 g/mol. The Morgan fingerprint density at radius 2 is 1.44 bits per heavy atom. The first-order valence-corrected chi connectivity index (χ1v) is 10.5. The van der Waals surface area contributed by atoms with E-state index < -0.39 is 11.8 Å². The Kier molecular flexibility index (Phi) is 6.31. The number of nitrogens with one attached hydrogen (secondary N) is 2. The number of hydrogen-bond acceptors (Lipinski definition) is 6. The van der Waals surface area contributed by atoms with Gasteiger partial charge < -0.3 is 20.1 Å². The largest absolute Gasteiger partial charge is 0.493 e. The number of para-hydroxylation sites is 1. The van der Waals surface area contributed by atoms with E-state index in [1.54, 1.807) is 66.7 Å². The highest BCUT2D eigenvalue weighted by molar-refractivity contribution is 6.46. The van der Waals surface area contributed by atoms with Crippen LogP contribution in [0, 0.1) is 0 Å². The van der Waals surface area contributed by atoms with Crippen LogP contribution in [0.4, 0.5) is 17.1 Å². The Morgan fingerprint density at radius 3 is 2.06 bits per heavy atom. The summed E-state index contributed by atoms with van der Waals surface area (Å²) in [6, 6.07) is 20.6. The molecule has 3 aromatic rings. The fourth-order valence-corrected chi connectivity index (χ4v) is 3.70. The van der Waals surface area contributed by atoms with Gasteiger partial charge in [-0.15, -0.1) is 0 Å². The predicted molar refractivity (Wildman–Crippen MR) is 130 cm³/mol. The number of imide groups is 1. The van der Waals surface area contributed by atoms with Crippen LogP contribution < -0.4 is 25.0 Å². The molecule has 8 heteroatoms. The van der Waals surface area contributed by atoms with E-state index in [2.05, 4.69) is 10.6 Å². The summed E-state index contributed by atoms with van der Waals surface area (Å²) < 4.78 is 10.7. The number of carbonyl (C=O) groups is 3. The third-order valence-corrected chi connectivity index (χ3v) is 5.25. The highest BCUT2D eigenvalue weighted by Crippen LogP contribution is 2.37. The molecule has 4 rings (SSSR count). The molecule has 0 saturated carbocycles. The van der Waals surface area contributed by atoms with E-state index in [4.69, 9.17) is 9.47 Å². The molecule has 0 saturated heterocycles. The van der Waals surface area contributed by atoms with Gasteiger partial charge in [0.15, 0.2) is 11.5 Å². The molecule has 8 nitrogen and oxygen atoms in total. The zero-order valence-electron chi connectivity index (χ0n) is 18.9. The van der Waals surface area contributed by atoms with E-state index in [1.807, 2.05) is 6.07 Å². The van der Waals surface area contributed by atoms with Crippen LogP contribution in [0.25, 0.3) is 5.57 Å². The van der Waals surface area contributed by atoms with Crippen LogP contribution in [0.15, 0.2) is 78.5 Å². The first-order chi connectivity index (χ1) is 16.4. The van der Waals surface area contributed by atoms with Crippen molar-refractivity contribution in [2.75, 3.05) is 29.8 Å². The van der Waals surface area contributed by atoms with Crippen molar-refractivity contribution in [1.82, 2.24) is 0 Å². The molecule has 0 aliphatic carbocycles. The van der Waals surface area contributed by atoms with Gasteiger partial charge in [0.1, 0.15) is 5.70 Å². The summed E-state index contributed by atoms with van der Waals surface area (Å²) in [5.74, 6) is -0.182. The van der Waals surface area contributed by atoms with Crippen molar-refractivity contribution in [3.8, 4) is 11.5 Å². The lowest BCUT2D eigenvalue weighted by Crippen LogP contribution is -2.32. The summed E-state index contributed by atoms with van der Waals surface area (Å²) in [6.07, 6.45) is 0. The van der Waals surface area contributed by atoms with E-state index in [0.29, 0.717) is 34.1 Å². The smallest absolute Gasteiger partial charge is 0.282 e. The average Bonchev–Trinajstić information content (AvgIpc) is 3.09. The molecule has 0 radical (unpaired) electrons. The number of ether oxygens (including phenoxy) is 2. The lowest BCUT2D eigenvalue weighted by molar-refractivity contribution is -0.120. The first-order valence-electron chi connectivity index (χ1n) is 10.5. The highest BCUT2D eigenvalue weighted by atomic mass is 16.5. The Labute approximate surface area is 196 Å². The molecule has 0 atom stereocenters. The third kappa shape index (κ3) is 4.33. The Morgan fingerprint density at radius 1 is 0.794 bits per heavy atom. The van der Waals surface area contributed by atoms with Gasteiger partial charge in [0.25, 0.3) is 11.8 Å². The minimum absolute atomic E-state index is 0.133. The Bertz CT molecular complexity index is 1280. The summed E-state index contributed by atoms with van der Waals surface area (Å²) in [5, 5.41) is 5.79. The third-order valence-electron chi connectivity index (χ3n) is 5.25. The van der Waals surface area contributed by atoms with Crippen LogP contribution in [-0.4, -0.2) is 31.9 Å². The van der Waals surface area contributed by atoms with Crippen molar-refractivity contribution in [2.24, 2.45) is 0 Å². The maximum atomic E-state index is 13.5. The van der Waals surface area contributed by atoms with Gasteiger partial charge in [-0.3, -0.25) is 14.4 Å². The molecule has 0 aromatic heterocycles. The number of methoxy groups -OCH3 is 2. The van der Waals surface area contributed by atoms with Crippen LogP contribution >= 0.6 is 0 Å². The van der Waals surface area contributed by atoms with E-state index in [1.165, 1.54) is 21.1 Å². The first kappa shape index (κ1) is 22.6. The zero-order chi connectivity index (χ0) is 24.2. The van der Waals surface area contributed by atoms with E-state index in [-0.39, 0.29) is 17.2 Å². The van der Waals surface area contributed by atoms with Gasteiger partial charge in [0.05, 0.1) is 25.5 Å². The SMILES string of the molecule is COc1ccc(C2=C(Nc3ccc(NC(C)=O)cc3)C(=O)N(c3ccccc3)C2=O)cc1OC. The van der Waals surface area contributed by atoms with Crippen LogP contribution in [0.2, 0.25) is 0 Å². The number of anilines is 3. The molecule has 1 heterocycles. The maximum absolute atomic E-state index is 13.5. The molecule has 1 aliphatic rings. The lowest BCUT2D eigenvalue weighted by Gasteiger charge is -2.15. The van der Waals surface area contributed by atoms with Crippen molar-refractivity contribution < 1.29 is 23.9 Å². The van der Waals surface area contributed by atoms with E-state index >= 15 is 0 Å². The fraction of sp³-hybridized carbons (Fsp3) is 0.115. The fourth-order valence-electron chi connectivity index (χ4n) is 3.70. The summed E-state index contributed by atoms with van der Waals surface area (Å²) >= 11 is 0. The normalized spacial score (nSPS) is 13.2. The average molecular weight is 457 g/mol. The molecular formula is C26H23N3O5. The van der Waals surface area contributed by atoms with Crippen LogP contribution in [0.5, 0.6) is 11.5 Å². The predicted octanol–water partition coefficient (Wildman–Crippen LogP) is 4.06. The molecule has 0 fully saturated rings.